The van der Waals surface area contributed by atoms with Gasteiger partial charge in [0.05, 0.1) is 6.61 Å². The molecule has 0 fully saturated rings. The van der Waals surface area contributed by atoms with Crippen molar-refractivity contribution in [2.75, 3.05) is 13.7 Å². The number of pyridine rings is 1. The Morgan fingerprint density at radius 3 is 3.08 bits per heavy atom. The number of nitrogens with two attached hydrogens (primary N) is 1. The van der Waals surface area contributed by atoms with E-state index in [4.69, 9.17) is 10.5 Å². The Kier molecular flexibility index (Phi) is 4.35. The summed E-state index contributed by atoms with van der Waals surface area (Å²) in [6.45, 7) is 0.564. The van der Waals surface area contributed by atoms with Gasteiger partial charge in [-0.2, -0.15) is 0 Å². The molecule has 0 bridgehead atoms. The quantitative estimate of drug-likeness (QED) is 0.871. The molecule has 0 aromatic carbocycles. The molecule has 1 heterocycles. The second-order valence-corrected chi connectivity index (χ2v) is 3.80. The summed E-state index contributed by atoms with van der Waals surface area (Å²) in [5.41, 5.74) is 6.77. The molecule has 2 N–H and O–H groups in total. The molecule has 1 unspecified atom stereocenters. The van der Waals surface area contributed by atoms with Gasteiger partial charge < -0.3 is 10.5 Å². The average Bonchev–Trinajstić information content (AvgIpc) is 2.04. The summed E-state index contributed by atoms with van der Waals surface area (Å²) in [5.74, 6) is 0. The molecule has 1 atom stereocenters. The number of nitrogens with zero attached hydrogens (tertiary/aromatic N) is 1. The van der Waals surface area contributed by atoms with E-state index in [9.17, 15) is 0 Å². The van der Waals surface area contributed by atoms with Gasteiger partial charge in [-0.1, -0.05) is 15.9 Å². The highest BCUT2D eigenvalue weighted by molar-refractivity contribution is 9.10. The van der Waals surface area contributed by atoms with Gasteiger partial charge in [-0.25, -0.2) is 0 Å². The molecule has 0 radical (unpaired) electrons. The topological polar surface area (TPSA) is 48.1 Å². The maximum absolute atomic E-state index is 5.79. The van der Waals surface area contributed by atoms with Gasteiger partial charge in [0.25, 0.3) is 0 Å². The Labute approximate surface area is 86.4 Å². The lowest BCUT2D eigenvalue weighted by molar-refractivity contribution is 0.179. The largest absolute Gasteiger partial charge is 0.383 e. The molecule has 72 valence electrons. The minimum Gasteiger partial charge on any atom is -0.383 e. The second kappa shape index (κ2) is 5.32. The van der Waals surface area contributed by atoms with Crippen molar-refractivity contribution in [2.45, 2.75) is 12.5 Å². The molecule has 1 rings (SSSR count). The highest BCUT2D eigenvalue weighted by Crippen LogP contribution is 2.10. The summed E-state index contributed by atoms with van der Waals surface area (Å²) in [6.07, 6.45) is 2.51. The molecule has 0 spiro atoms. The molecule has 0 saturated carbocycles. The van der Waals surface area contributed by atoms with Crippen molar-refractivity contribution >= 4 is 15.9 Å². The SMILES string of the molecule is COCC(N)Cc1cc(Br)ccn1. The summed E-state index contributed by atoms with van der Waals surface area (Å²) in [6, 6.07) is 3.88. The third kappa shape index (κ3) is 3.85. The normalized spacial score (nSPS) is 12.8. The first kappa shape index (κ1) is 10.6. The number of aromatic nitrogens is 1. The standard InChI is InChI=1S/C9H13BrN2O/c1-13-6-8(11)5-9-4-7(10)2-3-12-9/h2-4,8H,5-6,11H2,1H3. The molecule has 0 aliphatic carbocycles. The molecule has 1 aromatic heterocycles. The van der Waals surface area contributed by atoms with E-state index < -0.39 is 0 Å². The molecule has 4 heteroatoms. The Balaban J connectivity index is 2.53. The lowest BCUT2D eigenvalue weighted by atomic mass is 10.1. The van der Waals surface area contributed by atoms with E-state index in [1.54, 1.807) is 13.3 Å². The van der Waals surface area contributed by atoms with Crippen LogP contribution in [-0.4, -0.2) is 24.7 Å². The van der Waals surface area contributed by atoms with Gasteiger partial charge in [-0.05, 0) is 12.1 Å². The lowest BCUT2D eigenvalue weighted by Crippen LogP contribution is -2.28. The zero-order valence-corrected chi connectivity index (χ0v) is 9.12. The van der Waals surface area contributed by atoms with E-state index in [2.05, 4.69) is 20.9 Å². The van der Waals surface area contributed by atoms with Crippen LogP contribution in [0.25, 0.3) is 0 Å². The lowest BCUT2D eigenvalue weighted by Gasteiger charge is -2.09. The van der Waals surface area contributed by atoms with Crippen LogP contribution >= 0.6 is 15.9 Å². The van der Waals surface area contributed by atoms with Crippen LogP contribution < -0.4 is 5.73 Å². The summed E-state index contributed by atoms with van der Waals surface area (Å²) < 4.78 is 5.97. The first-order valence-corrected chi connectivity index (χ1v) is 4.86. The minimum absolute atomic E-state index is 0.0202. The smallest absolute Gasteiger partial charge is 0.0617 e. The monoisotopic (exact) mass is 244 g/mol. The minimum atomic E-state index is 0.0202. The van der Waals surface area contributed by atoms with E-state index in [0.29, 0.717) is 6.61 Å². The fourth-order valence-corrected chi connectivity index (χ4v) is 1.48. The third-order valence-corrected chi connectivity index (χ3v) is 2.12. The predicted molar refractivity (Wildman–Crippen MR) is 55.5 cm³/mol. The molecular formula is C9H13BrN2O. The highest BCUT2D eigenvalue weighted by Gasteiger charge is 2.04. The number of hydrogen-bond acceptors (Lipinski definition) is 3. The first-order valence-electron chi connectivity index (χ1n) is 4.07. The summed E-state index contributed by atoms with van der Waals surface area (Å²) in [4.78, 5) is 4.20. The molecule has 0 aliphatic heterocycles. The Hall–Kier alpha value is -0.450. The summed E-state index contributed by atoms with van der Waals surface area (Å²) in [5, 5.41) is 0. The molecule has 13 heavy (non-hydrogen) atoms. The van der Waals surface area contributed by atoms with E-state index in [-0.39, 0.29) is 6.04 Å². The molecule has 3 nitrogen and oxygen atoms in total. The van der Waals surface area contributed by atoms with Crippen LogP contribution in [0, 0.1) is 0 Å². The summed E-state index contributed by atoms with van der Waals surface area (Å²) >= 11 is 3.38. The zero-order valence-electron chi connectivity index (χ0n) is 7.53. The van der Waals surface area contributed by atoms with Crippen LogP contribution in [0.15, 0.2) is 22.8 Å². The Morgan fingerprint density at radius 1 is 1.69 bits per heavy atom. The fraction of sp³-hybridized carbons (Fsp3) is 0.444. The van der Waals surface area contributed by atoms with Crippen molar-refractivity contribution in [3.63, 3.8) is 0 Å². The van der Waals surface area contributed by atoms with Gasteiger partial charge in [0, 0.05) is 35.9 Å². The van der Waals surface area contributed by atoms with E-state index in [0.717, 1.165) is 16.6 Å². The predicted octanol–water partition coefficient (Wildman–Crippen LogP) is 1.36. The molecule has 0 amide bonds. The molecule has 0 saturated heterocycles. The van der Waals surface area contributed by atoms with Gasteiger partial charge in [0.15, 0.2) is 0 Å². The van der Waals surface area contributed by atoms with Crippen molar-refractivity contribution in [3.8, 4) is 0 Å². The van der Waals surface area contributed by atoms with Gasteiger partial charge in [-0.3, -0.25) is 4.98 Å². The highest BCUT2D eigenvalue weighted by atomic mass is 79.9. The average molecular weight is 245 g/mol. The van der Waals surface area contributed by atoms with E-state index in [1.807, 2.05) is 12.1 Å². The number of halogens is 1. The van der Waals surface area contributed by atoms with Gasteiger partial charge in [0.2, 0.25) is 0 Å². The van der Waals surface area contributed by atoms with Crippen molar-refractivity contribution in [1.82, 2.24) is 4.98 Å². The molecule has 1 aromatic rings. The maximum Gasteiger partial charge on any atom is 0.0617 e. The van der Waals surface area contributed by atoms with Crippen LogP contribution in [0.3, 0.4) is 0 Å². The fourth-order valence-electron chi connectivity index (χ4n) is 1.10. The van der Waals surface area contributed by atoms with Crippen molar-refractivity contribution < 1.29 is 4.74 Å². The summed E-state index contributed by atoms with van der Waals surface area (Å²) in [7, 11) is 1.65. The van der Waals surface area contributed by atoms with Crippen LogP contribution in [0.5, 0.6) is 0 Å². The number of methoxy groups -OCH3 is 1. The van der Waals surface area contributed by atoms with Crippen molar-refractivity contribution in [1.29, 1.82) is 0 Å². The zero-order chi connectivity index (χ0) is 9.68. The van der Waals surface area contributed by atoms with Crippen LogP contribution in [0.2, 0.25) is 0 Å². The molecular weight excluding hydrogens is 232 g/mol. The van der Waals surface area contributed by atoms with Crippen LogP contribution in [0.1, 0.15) is 5.69 Å². The van der Waals surface area contributed by atoms with E-state index >= 15 is 0 Å². The Morgan fingerprint density at radius 2 is 2.46 bits per heavy atom. The van der Waals surface area contributed by atoms with Gasteiger partial charge in [0.1, 0.15) is 0 Å². The van der Waals surface area contributed by atoms with Gasteiger partial charge in [-0.15, -0.1) is 0 Å². The van der Waals surface area contributed by atoms with Crippen molar-refractivity contribution in [3.05, 3.63) is 28.5 Å². The van der Waals surface area contributed by atoms with E-state index in [1.165, 1.54) is 0 Å². The Bertz CT molecular complexity index is 268. The van der Waals surface area contributed by atoms with Gasteiger partial charge >= 0.3 is 0 Å². The molecule has 0 aliphatic rings. The van der Waals surface area contributed by atoms with Crippen molar-refractivity contribution in [2.24, 2.45) is 5.73 Å². The maximum atomic E-state index is 5.79. The van der Waals surface area contributed by atoms with Crippen LogP contribution in [0.4, 0.5) is 0 Å². The number of hydrogen-bond donors (Lipinski definition) is 1. The number of rotatable bonds is 4. The number of ether oxygens (including phenoxy) is 1. The first-order chi connectivity index (χ1) is 6.22. The van der Waals surface area contributed by atoms with Crippen LogP contribution in [-0.2, 0) is 11.2 Å². The second-order valence-electron chi connectivity index (χ2n) is 2.88. The third-order valence-electron chi connectivity index (χ3n) is 1.63.